The summed E-state index contributed by atoms with van der Waals surface area (Å²) in [4.78, 5) is 11.8. The van der Waals surface area contributed by atoms with E-state index in [1.54, 1.807) is 0 Å². The van der Waals surface area contributed by atoms with Crippen molar-refractivity contribution < 1.29 is 15.1 Å². The lowest BCUT2D eigenvalue weighted by Gasteiger charge is -2.58. The lowest BCUT2D eigenvalue weighted by molar-refractivity contribution is -0.122. The van der Waals surface area contributed by atoms with E-state index in [-0.39, 0.29) is 28.6 Å². The Morgan fingerprint density at radius 2 is 1.96 bits per heavy atom. The molecule has 3 fully saturated rings. The van der Waals surface area contributed by atoms with Crippen molar-refractivity contribution in [3.63, 3.8) is 0 Å². The zero-order valence-electron chi connectivity index (χ0n) is 14.1. The van der Waals surface area contributed by atoms with Gasteiger partial charge in [-0.25, -0.2) is 0 Å². The number of allylic oxidation sites excluding steroid dienone is 1. The first kappa shape index (κ1) is 15.4. The van der Waals surface area contributed by atoms with Crippen LogP contribution in [0.15, 0.2) is 16.8 Å². The second-order valence-corrected chi connectivity index (χ2v) is 8.66. The topological polar surface area (TPSA) is 69.9 Å². The lowest BCUT2D eigenvalue weighted by Crippen LogP contribution is -2.56. The Morgan fingerprint density at radius 1 is 1.17 bits per heavy atom. The number of ketones is 1. The fraction of sp³-hybridized carbons (Fsp3) is 0.789. The highest BCUT2D eigenvalue weighted by Crippen LogP contribution is 2.64. The third kappa shape index (κ3) is 1.93. The standard InChI is InChI=1S/C19H27NO3/c1-18-8-7-12(21)9-11(18)3-4-13-14-5-6-16(20-23)19(14,2)10-15(22)17(13)18/h9,13-15,17,22-23H,3-8,10H2,1-2H3/b20-16+/t13-,14-,15-,17+,18-,19-/m0/s1. The molecule has 3 saturated carbocycles. The molecule has 0 saturated heterocycles. The predicted octanol–water partition coefficient (Wildman–Crippen LogP) is 3.32. The largest absolute Gasteiger partial charge is 0.411 e. The van der Waals surface area contributed by atoms with Crippen LogP contribution in [0.3, 0.4) is 0 Å². The molecule has 0 bridgehead atoms. The van der Waals surface area contributed by atoms with Gasteiger partial charge in [0, 0.05) is 11.8 Å². The van der Waals surface area contributed by atoms with E-state index < -0.39 is 0 Å². The van der Waals surface area contributed by atoms with E-state index >= 15 is 0 Å². The molecule has 0 amide bonds. The fourth-order valence-electron chi connectivity index (χ4n) is 6.64. The van der Waals surface area contributed by atoms with E-state index in [0.717, 1.165) is 37.8 Å². The molecule has 0 heterocycles. The van der Waals surface area contributed by atoms with Crippen LogP contribution in [0.5, 0.6) is 0 Å². The number of carbonyl (C=O) groups is 1. The average Bonchev–Trinajstić information content (AvgIpc) is 2.83. The Balaban J connectivity index is 1.75. The van der Waals surface area contributed by atoms with Crippen molar-refractivity contribution in [1.82, 2.24) is 0 Å². The Kier molecular flexibility index (Phi) is 3.29. The third-order valence-electron chi connectivity index (χ3n) is 7.76. The fourth-order valence-corrected chi connectivity index (χ4v) is 6.64. The van der Waals surface area contributed by atoms with Gasteiger partial charge in [0.15, 0.2) is 5.78 Å². The monoisotopic (exact) mass is 317 g/mol. The van der Waals surface area contributed by atoms with Gasteiger partial charge < -0.3 is 10.3 Å². The Labute approximate surface area is 137 Å². The third-order valence-corrected chi connectivity index (χ3v) is 7.76. The maximum atomic E-state index is 11.8. The summed E-state index contributed by atoms with van der Waals surface area (Å²) in [5.41, 5.74) is 1.96. The molecule has 0 aromatic rings. The van der Waals surface area contributed by atoms with Crippen LogP contribution < -0.4 is 0 Å². The van der Waals surface area contributed by atoms with Gasteiger partial charge in [-0.05, 0) is 67.8 Å². The summed E-state index contributed by atoms with van der Waals surface area (Å²) in [5.74, 6) is 1.46. The van der Waals surface area contributed by atoms with Crippen molar-refractivity contribution in [3.8, 4) is 0 Å². The molecule has 0 unspecified atom stereocenters. The molecule has 4 heteroatoms. The van der Waals surface area contributed by atoms with Crippen molar-refractivity contribution in [2.24, 2.45) is 33.7 Å². The molecule has 0 aromatic heterocycles. The van der Waals surface area contributed by atoms with Crippen LogP contribution in [0.2, 0.25) is 0 Å². The van der Waals surface area contributed by atoms with Crippen LogP contribution in [0.25, 0.3) is 0 Å². The van der Waals surface area contributed by atoms with Gasteiger partial charge in [0.2, 0.25) is 0 Å². The highest BCUT2D eigenvalue weighted by Gasteiger charge is 2.61. The molecule has 126 valence electrons. The summed E-state index contributed by atoms with van der Waals surface area (Å²) in [7, 11) is 0. The van der Waals surface area contributed by atoms with Crippen LogP contribution >= 0.6 is 0 Å². The van der Waals surface area contributed by atoms with E-state index in [1.807, 2.05) is 6.08 Å². The number of aliphatic hydroxyl groups is 1. The number of fused-ring (bicyclic) bond motifs is 5. The number of hydrogen-bond donors (Lipinski definition) is 2. The number of hydrogen-bond acceptors (Lipinski definition) is 4. The van der Waals surface area contributed by atoms with E-state index in [2.05, 4.69) is 19.0 Å². The van der Waals surface area contributed by atoms with Gasteiger partial charge in [0.1, 0.15) is 0 Å². The molecule has 0 aromatic carbocycles. The van der Waals surface area contributed by atoms with E-state index in [4.69, 9.17) is 0 Å². The minimum atomic E-state index is -0.377. The number of rotatable bonds is 0. The van der Waals surface area contributed by atoms with Gasteiger partial charge in [-0.1, -0.05) is 24.6 Å². The van der Waals surface area contributed by atoms with Gasteiger partial charge >= 0.3 is 0 Å². The van der Waals surface area contributed by atoms with Gasteiger partial charge in [-0.2, -0.15) is 0 Å². The molecular formula is C19H27NO3. The smallest absolute Gasteiger partial charge is 0.155 e. The summed E-state index contributed by atoms with van der Waals surface area (Å²) < 4.78 is 0. The average molecular weight is 317 g/mol. The maximum absolute atomic E-state index is 11.8. The maximum Gasteiger partial charge on any atom is 0.155 e. The zero-order chi connectivity index (χ0) is 16.4. The molecule has 2 N–H and O–H groups in total. The predicted molar refractivity (Wildman–Crippen MR) is 87.3 cm³/mol. The van der Waals surface area contributed by atoms with Gasteiger partial charge in [0.25, 0.3) is 0 Å². The first-order chi connectivity index (χ1) is 10.9. The molecule has 0 radical (unpaired) electrons. The minimum absolute atomic E-state index is 0.0311. The molecule has 6 atom stereocenters. The second-order valence-electron chi connectivity index (χ2n) is 8.66. The highest BCUT2D eigenvalue weighted by atomic mass is 16.4. The summed E-state index contributed by atoms with van der Waals surface area (Å²) in [5, 5.41) is 24.0. The summed E-state index contributed by atoms with van der Waals surface area (Å²) in [6.45, 7) is 4.45. The molecule has 4 nitrogen and oxygen atoms in total. The van der Waals surface area contributed by atoms with Crippen LogP contribution in [0.1, 0.15) is 58.8 Å². The van der Waals surface area contributed by atoms with Crippen LogP contribution in [-0.4, -0.2) is 27.9 Å². The van der Waals surface area contributed by atoms with Crippen molar-refractivity contribution in [3.05, 3.63) is 11.6 Å². The van der Waals surface area contributed by atoms with Crippen molar-refractivity contribution in [2.75, 3.05) is 0 Å². The van der Waals surface area contributed by atoms with Gasteiger partial charge in [-0.15, -0.1) is 0 Å². The summed E-state index contributed by atoms with van der Waals surface area (Å²) in [6, 6.07) is 0. The van der Waals surface area contributed by atoms with Crippen molar-refractivity contribution in [1.29, 1.82) is 0 Å². The SMILES string of the molecule is C[C@]12CCC(=O)C=C1CC[C@@H]1[C@@H]2[C@@H](O)C[C@]2(C)/C(=N/O)CC[C@@H]12. The van der Waals surface area contributed by atoms with E-state index in [9.17, 15) is 15.1 Å². The summed E-state index contributed by atoms with van der Waals surface area (Å²) >= 11 is 0. The number of carbonyl (C=O) groups excluding carboxylic acids is 1. The van der Waals surface area contributed by atoms with Crippen molar-refractivity contribution >= 4 is 11.5 Å². The molecule has 0 aliphatic heterocycles. The highest BCUT2D eigenvalue weighted by molar-refractivity contribution is 5.92. The second kappa shape index (κ2) is 4.92. The number of oxime groups is 1. The summed E-state index contributed by atoms with van der Waals surface area (Å²) in [6.07, 6.45) is 7.62. The van der Waals surface area contributed by atoms with Crippen LogP contribution in [0, 0.1) is 28.6 Å². The molecular weight excluding hydrogens is 290 g/mol. The first-order valence-electron chi connectivity index (χ1n) is 9.03. The number of aliphatic hydroxyl groups excluding tert-OH is 1. The Bertz CT molecular complexity index is 610. The Morgan fingerprint density at radius 3 is 2.70 bits per heavy atom. The van der Waals surface area contributed by atoms with Crippen LogP contribution in [0.4, 0.5) is 0 Å². The van der Waals surface area contributed by atoms with Crippen LogP contribution in [-0.2, 0) is 4.79 Å². The lowest BCUT2D eigenvalue weighted by atomic mass is 9.46. The van der Waals surface area contributed by atoms with E-state index in [0.29, 0.717) is 24.7 Å². The van der Waals surface area contributed by atoms with Crippen molar-refractivity contribution in [2.45, 2.75) is 64.9 Å². The zero-order valence-corrected chi connectivity index (χ0v) is 14.1. The quantitative estimate of drug-likeness (QED) is 0.532. The number of nitrogens with zero attached hydrogens (tertiary/aromatic N) is 1. The normalized spacial score (nSPS) is 51.0. The van der Waals surface area contributed by atoms with Gasteiger partial charge in [-0.3, -0.25) is 4.79 Å². The first-order valence-corrected chi connectivity index (χ1v) is 9.03. The minimum Gasteiger partial charge on any atom is -0.411 e. The molecule has 4 aliphatic carbocycles. The molecule has 4 rings (SSSR count). The molecule has 23 heavy (non-hydrogen) atoms. The van der Waals surface area contributed by atoms with Gasteiger partial charge in [0.05, 0.1) is 11.8 Å². The molecule has 4 aliphatic rings. The molecule has 0 spiro atoms. The van der Waals surface area contributed by atoms with E-state index in [1.165, 1.54) is 5.57 Å². The Hall–Kier alpha value is -1.16.